The average molecular weight is 366 g/mol. The summed E-state index contributed by atoms with van der Waals surface area (Å²) >= 11 is 0. The van der Waals surface area contributed by atoms with Gasteiger partial charge < -0.3 is 15.5 Å². The van der Waals surface area contributed by atoms with Gasteiger partial charge in [-0.2, -0.15) is 0 Å². The van der Waals surface area contributed by atoms with Crippen LogP contribution in [0.25, 0.3) is 11.5 Å². The molecule has 7 heteroatoms. The molecule has 2 aliphatic heterocycles. The Balaban J connectivity index is 1.75. The van der Waals surface area contributed by atoms with E-state index in [1.165, 1.54) is 5.56 Å². The minimum absolute atomic E-state index is 0.0107. The summed E-state index contributed by atoms with van der Waals surface area (Å²) in [6.45, 7) is 3.48. The van der Waals surface area contributed by atoms with Crippen LogP contribution < -0.4 is 15.5 Å². The molecule has 7 nitrogen and oxygen atoms in total. The average Bonchev–Trinajstić information content (AvgIpc) is 2.98. The number of fused-ring (bicyclic) bond motifs is 1. The van der Waals surface area contributed by atoms with Gasteiger partial charge in [-0.1, -0.05) is 6.07 Å². The molecule has 2 aromatic rings. The number of nitrogens with zero attached hydrogens (tertiary/aromatic N) is 4. The van der Waals surface area contributed by atoms with E-state index in [0.717, 1.165) is 62.5 Å². The van der Waals surface area contributed by atoms with E-state index in [4.69, 9.17) is 9.97 Å². The van der Waals surface area contributed by atoms with Crippen LogP contribution in [0, 0.1) is 5.92 Å². The molecule has 0 radical (unpaired) electrons. The number of nitrogens with one attached hydrogen (secondary N) is 2. The Morgan fingerprint density at radius 3 is 2.96 bits per heavy atom. The summed E-state index contributed by atoms with van der Waals surface area (Å²) in [7, 11) is 1.71. The standard InChI is InChI=1S/C20H26N6O/c1-21-20(27)14-5-4-12-26(13-14)19-15-7-10-22-11-8-16(15)24-18(25-19)17-6-2-3-9-23-17/h2-3,6,9,14,22H,4-5,7-8,10-13H2,1H3,(H,21,27)/t14-/m0/s1. The molecule has 0 spiro atoms. The number of anilines is 1. The number of amides is 1. The highest BCUT2D eigenvalue weighted by atomic mass is 16.1. The van der Waals surface area contributed by atoms with E-state index < -0.39 is 0 Å². The van der Waals surface area contributed by atoms with Crippen molar-refractivity contribution in [2.45, 2.75) is 25.7 Å². The van der Waals surface area contributed by atoms with E-state index in [1.807, 2.05) is 18.2 Å². The second-order valence-corrected chi connectivity index (χ2v) is 7.16. The van der Waals surface area contributed by atoms with Gasteiger partial charge in [0.25, 0.3) is 0 Å². The van der Waals surface area contributed by atoms with Crippen molar-refractivity contribution in [3.05, 3.63) is 35.7 Å². The largest absolute Gasteiger partial charge is 0.359 e. The maximum Gasteiger partial charge on any atom is 0.224 e. The Kier molecular flexibility index (Phi) is 5.29. The molecule has 142 valence electrons. The van der Waals surface area contributed by atoms with E-state index >= 15 is 0 Å². The molecule has 1 saturated heterocycles. The van der Waals surface area contributed by atoms with E-state index in [2.05, 4.69) is 20.5 Å². The molecule has 0 saturated carbocycles. The molecule has 4 heterocycles. The van der Waals surface area contributed by atoms with Gasteiger partial charge in [0, 0.05) is 44.9 Å². The fourth-order valence-electron chi connectivity index (χ4n) is 3.98. The van der Waals surface area contributed by atoms with Crippen molar-refractivity contribution in [2.24, 2.45) is 5.92 Å². The van der Waals surface area contributed by atoms with Crippen LogP contribution in [0.4, 0.5) is 5.82 Å². The molecule has 0 aliphatic carbocycles. The first-order chi connectivity index (χ1) is 13.3. The molecule has 0 unspecified atom stereocenters. The minimum Gasteiger partial charge on any atom is -0.359 e. The number of aromatic nitrogens is 3. The molecule has 1 atom stereocenters. The van der Waals surface area contributed by atoms with Crippen molar-refractivity contribution >= 4 is 11.7 Å². The molecule has 27 heavy (non-hydrogen) atoms. The number of carbonyl (C=O) groups is 1. The van der Waals surface area contributed by atoms with Gasteiger partial charge in [0.2, 0.25) is 5.91 Å². The fraction of sp³-hybridized carbons (Fsp3) is 0.500. The summed E-state index contributed by atoms with van der Waals surface area (Å²) in [6, 6.07) is 5.81. The molecule has 4 rings (SSSR count). The molecule has 2 N–H and O–H groups in total. The zero-order chi connectivity index (χ0) is 18.6. The second kappa shape index (κ2) is 8.00. The number of rotatable bonds is 3. The maximum absolute atomic E-state index is 12.2. The van der Waals surface area contributed by atoms with Crippen LogP contribution in [0.1, 0.15) is 24.1 Å². The lowest BCUT2D eigenvalue weighted by molar-refractivity contribution is -0.124. The number of carbonyl (C=O) groups excluding carboxylic acids is 1. The third-order valence-corrected chi connectivity index (χ3v) is 5.39. The molecule has 1 amide bonds. The predicted octanol–water partition coefficient (Wildman–Crippen LogP) is 1.19. The van der Waals surface area contributed by atoms with Crippen molar-refractivity contribution in [3.8, 4) is 11.5 Å². The Bertz CT molecular complexity index is 810. The van der Waals surface area contributed by atoms with Crippen LogP contribution in [0.15, 0.2) is 24.4 Å². The van der Waals surface area contributed by atoms with Gasteiger partial charge in [-0.3, -0.25) is 9.78 Å². The zero-order valence-electron chi connectivity index (χ0n) is 15.7. The van der Waals surface area contributed by atoms with Crippen LogP contribution in [0.2, 0.25) is 0 Å². The Morgan fingerprint density at radius 1 is 1.26 bits per heavy atom. The smallest absolute Gasteiger partial charge is 0.224 e. The van der Waals surface area contributed by atoms with Crippen molar-refractivity contribution < 1.29 is 4.79 Å². The lowest BCUT2D eigenvalue weighted by Gasteiger charge is -2.34. The van der Waals surface area contributed by atoms with E-state index in [1.54, 1.807) is 13.2 Å². The van der Waals surface area contributed by atoms with Gasteiger partial charge in [-0.15, -0.1) is 0 Å². The quantitative estimate of drug-likeness (QED) is 0.849. The normalized spacial score (nSPS) is 19.9. The van der Waals surface area contributed by atoms with Crippen LogP contribution in [-0.2, 0) is 17.6 Å². The third-order valence-electron chi connectivity index (χ3n) is 5.39. The van der Waals surface area contributed by atoms with Crippen LogP contribution in [0.3, 0.4) is 0 Å². The summed E-state index contributed by atoms with van der Waals surface area (Å²) in [4.78, 5) is 28.7. The van der Waals surface area contributed by atoms with E-state index in [9.17, 15) is 4.79 Å². The van der Waals surface area contributed by atoms with Gasteiger partial charge in [0.1, 0.15) is 11.5 Å². The van der Waals surface area contributed by atoms with Crippen molar-refractivity contribution in [3.63, 3.8) is 0 Å². The summed E-state index contributed by atoms with van der Waals surface area (Å²) in [5.41, 5.74) is 3.11. The highest BCUT2D eigenvalue weighted by Gasteiger charge is 2.29. The summed E-state index contributed by atoms with van der Waals surface area (Å²) in [5.74, 6) is 1.79. The van der Waals surface area contributed by atoms with Crippen molar-refractivity contribution in [1.82, 2.24) is 25.6 Å². The van der Waals surface area contributed by atoms with Crippen LogP contribution in [-0.4, -0.2) is 54.1 Å². The molecule has 2 aliphatic rings. The maximum atomic E-state index is 12.2. The Morgan fingerprint density at radius 2 is 2.15 bits per heavy atom. The minimum atomic E-state index is 0.0107. The van der Waals surface area contributed by atoms with Gasteiger partial charge in [0.05, 0.1) is 11.6 Å². The molecule has 2 aromatic heterocycles. The van der Waals surface area contributed by atoms with E-state index in [-0.39, 0.29) is 11.8 Å². The van der Waals surface area contributed by atoms with E-state index in [0.29, 0.717) is 12.4 Å². The molecular formula is C20H26N6O. The van der Waals surface area contributed by atoms with Crippen LogP contribution in [0.5, 0.6) is 0 Å². The third kappa shape index (κ3) is 3.78. The first-order valence-electron chi connectivity index (χ1n) is 9.74. The van der Waals surface area contributed by atoms with Crippen molar-refractivity contribution in [2.75, 3.05) is 38.1 Å². The van der Waals surface area contributed by atoms with Gasteiger partial charge >= 0.3 is 0 Å². The Hall–Kier alpha value is -2.54. The molecular weight excluding hydrogens is 340 g/mol. The van der Waals surface area contributed by atoms with Crippen LogP contribution >= 0.6 is 0 Å². The number of pyridine rings is 1. The van der Waals surface area contributed by atoms with Gasteiger partial charge in [0.15, 0.2) is 5.82 Å². The predicted molar refractivity (Wildman–Crippen MR) is 105 cm³/mol. The van der Waals surface area contributed by atoms with Crippen molar-refractivity contribution in [1.29, 1.82) is 0 Å². The summed E-state index contributed by atoms with van der Waals surface area (Å²) < 4.78 is 0. The monoisotopic (exact) mass is 366 g/mol. The zero-order valence-corrected chi connectivity index (χ0v) is 15.7. The molecule has 0 bridgehead atoms. The first-order valence-corrected chi connectivity index (χ1v) is 9.74. The highest BCUT2D eigenvalue weighted by Crippen LogP contribution is 2.30. The SMILES string of the molecule is CNC(=O)[C@H]1CCCN(c2nc(-c3ccccn3)nc3c2CCNCC3)C1. The second-order valence-electron chi connectivity index (χ2n) is 7.16. The summed E-state index contributed by atoms with van der Waals surface area (Å²) in [6.07, 6.45) is 5.49. The molecule has 0 aromatic carbocycles. The fourth-order valence-corrected chi connectivity index (χ4v) is 3.98. The van der Waals surface area contributed by atoms with Gasteiger partial charge in [-0.25, -0.2) is 9.97 Å². The first kappa shape index (κ1) is 17.9. The number of piperidine rings is 1. The molecule has 1 fully saturated rings. The highest BCUT2D eigenvalue weighted by molar-refractivity contribution is 5.79. The number of hydrogen-bond donors (Lipinski definition) is 2. The van der Waals surface area contributed by atoms with Gasteiger partial charge in [-0.05, 0) is 37.9 Å². The lowest BCUT2D eigenvalue weighted by Crippen LogP contribution is -2.43. The lowest BCUT2D eigenvalue weighted by atomic mass is 9.96. The summed E-state index contributed by atoms with van der Waals surface area (Å²) in [5, 5.41) is 6.25. The number of hydrogen-bond acceptors (Lipinski definition) is 6. The Labute approximate surface area is 159 Å². The topological polar surface area (TPSA) is 83.0 Å².